The summed E-state index contributed by atoms with van der Waals surface area (Å²) in [4.78, 5) is 12.5. The number of carbonyl (C=O) groups is 1. The molecule has 1 heterocycles. The minimum absolute atomic E-state index is 0.113. The lowest BCUT2D eigenvalue weighted by atomic mass is 10.1. The number of hydrogen-bond acceptors (Lipinski definition) is 4. The van der Waals surface area contributed by atoms with Crippen LogP contribution in [-0.2, 0) is 28.5 Å². The van der Waals surface area contributed by atoms with Crippen LogP contribution in [0.3, 0.4) is 0 Å². The molecule has 3 rings (SSSR count). The lowest BCUT2D eigenvalue weighted by Crippen LogP contribution is -2.31. The fourth-order valence-corrected chi connectivity index (χ4v) is 4.63. The van der Waals surface area contributed by atoms with Gasteiger partial charge in [0.05, 0.1) is 11.4 Å². The second-order valence-electron chi connectivity index (χ2n) is 7.67. The Morgan fingerprint density at radius 2 is 1.67 bits per heavy atom. The largest absolute Gasteiger partial charge is 0.435 e. The van der Waals surface area contributed by atoms with Gasteiger partial charge in [0.15, 0.2) is 5.69 Å². The third-order valence-corrected chi connectivity index (χ3v) is 6.11. The van der Waals surface area contributed by atoms with Crippen molar-refractivity contribution in [2.75, 3.05) is 0 Å². The molecular weight excluding hydrogens is 457 g/mol. The van der Waals surface area contributed by atoms with E-state index in [0.717, 1.165) is 10.7 Å². The quantitative estimate of drug-likeness (QED) is 0.515. The molecule has 1 aromatic heterocycles. The Hall–Kier alpha value is -3.18. The van der Waals surface area contributed by atoms with Gasteiger partial charge in [-0.3, -0.25) is 4.79 Å². The molecule has 0 bridgehead atoms. The first-order valence-corrected chi connectivity index (χ1v) is 11.7. The van der Waals surface area contributed by atoms with Crippen LogP contribution in [0.5, 0.6) is 0 Å². The Morgan fingerprint density at radius 3 is 2.24 bits per heavy atom. The zero-order valence-electron chi connectivity index (χ0n) is 17.9. The highest BCUT2D eigenvalue weighted by atomic mass is 32.2. The molecule has 0 radical (unpaired) electrons. The molecule has 3 aromatic rings. The third-order valence-electron chi connectivity index (χ3n) is 4.59. The molecule has 0 spiro atoms. The van der Waals surface area contributed by atoms with E-state index in [9.17, 15) is 26.4 Å². The number of carbonyl (C=O) groups excluding carboxylic acids is 1. The van der Waals surface area contributed by atoms with Crippen LogP contribution >= 0.6 is 0 Å². The van der Waals surface area contributed by atoms with Crippen LogP contribution in [0, 0.1) is 0 Å². The number of hydrogen-bond donors (Lipinski definition) is 2. The molecule has 176 valence electrons. The van der Waals surface area contributed by atoms with Gasteiger partial charge in [-0.2, -0.15) is 18.3 Å². The van der Waals surface area contributed by atoms with Crippen LogP contribution in [0.25, 0.3) is 5.69 Å². The van der Waals surface area contributed by atoms with Crippen molar-refractivity contribution in [2.45, 2.75) is 38.4 Å². The molecule has 2 N–H and O–H groups in total. The van der Waals surface area contributed by atoms with E-state index in [1.54, 1.807) is 38.1 Å². The number of aromatic nitrogens is 2. The summed E-state index contributed by atoms with van der Waals surface area (Å²) in [6.07, 6.45) is -3.34. The molecule has 0 atom stereocenters. The topological polar surface area (TPSA) is 93.1 Å². The highest BCUT2D eigenvalue weighted by molar-refractivity contribution is 7.88. The van der Waals surface area contributed by atoms with Gasteiger partial charge in [-0.15, -0.1) is 0 Å². The molecule has 7 nitrogen and oxygen atoms in total. The summed E-state index contributed by atoms with van der Waals surface area (Å²) < 4.78 is 66.3. The molecule has 0 fully saturated rings. The molecule has 33 heavy (non-hydrogen) atoms. The number of halogens is 3. The molecule has 0 saturated heterocycles. The zero-order valence-corrected chi connectivity index (χ0v) is 18.7. The summed E-state index contributed by atoms with van der Waals surface area (Å²) in [5.74, 6) is -0.619. The van der Waals surface area contributed by atoms with E-state index in [2.05, 4.69) is 15.1 Å². The van der Waals surface area contributed by atoms with Crippen molar-refractivity contribution in [3.8, 4) is 5.69 Å². The lowest BCUT2D eigenvalue weighted by Gasteiger charge is -2.13. The summed E-state index contributed by atoms with van der Waals surface area (Å²) >= 11 is 0. The third kappa shape index (κ3) is 6.65. The van der Waals surface area contributed by atoms with Crippen LogP contribution in [-0.4, -0.2) is 30.1 Å². The molecule has 2 aromatic carbocycles. The van der Waals surface area contributed by atoms with E-state index in [4.69, 9.17) is 0 Å². The fraction of sp³-hybridized carbons (Fsp3) is 0.273. The molecule has 0 aliphatic heterocycles. The average Bonchev–Trinajstić information content (AvgIpc) is 3.22. The number of alkyl halides is 3. The van der Waals surface area contributed by atoms with E-state index in [-0.39, 0.29) is 18.3 Å². The number of rotatable bonds is 8. The number of amides is 1. The molecule has 1 amide bonds. The van der Waals surface area contributed by atoms with Gasteiger partial charge >= 0.3 is 6.18 Å². The molecule has 0 unspecified atom stereocenters. The van der Waals surface area contributed by atoms with Gasteiger partial charge in [-0.05, 0) is 55.3 Å². The summed E-state index contributed by atoms with van der Waals surface area (Å²) in [5, 5.41) is 6.24. The SMILES string of the molecule is CC(C)NS(=O)(=O)Cc1ccccc1CNC(=O)c1ccc(-n2ccc(C(F)(F)F)n2)cc1. The predicted molar refractivity (Wildman–Crippen MR) is 117 cm³/mol. The lowest BCUT2D eigenvalue weighted by molar-refractivity contribution is -0.141. The van der Waals surface area contributed by atoms with E-state index in [0.29, 0.717) is 22.4 Å². The van der Waals surface area contributed by atoms with Gasteiger partial charge in [-0.1, -0.05) is 24.3 Å². The average molecular weight is 481 g/mol. The van der Waals surface area contributed by atoms with Crippen molar-refractivity contribution in [3.05, 3.63) is 83.2 Å². The second-order valence-corrected chi connectivity index (χ2v) is 9.43. The van der Waals surface area contributed by atoms with Gasteiger partial charge in [0.1, 0.15) is 0 Å². The predicted octanol–water partition coefficient (Wildman–Crippen LogP) is 3.65. The van der Waals surface area contributed by atoms with Crippen molar-refractivity contribution in [1.29, 1.82) is 0 Å². The standard InChI is InChI=1S/C22H23F3N4O3S/c1-15(2)28-33(31,32)14-18-6-4-3-5-17(18)13-26-21(30)16-7-9-19(10-8-16)29-12-11-20(27-29)22(23,24)25/h3-12,15,28H,13-14H2,1-2H3,(H,26,30). The number of nitrogens with one attached hydrogen (secondary N) is 2. The molecule has 0 aliphatic carbocycles. The number of nitrogens with zero attached hydrogens (tertiary/aromatic N) is 2. The second kappa shape index (κ2) is 9.75. The van der Waals surface area contributed by atoms with Gasteiger partial charge in [0.2, 0.25) is 10.0 Å². The first-order chi connectivity index (χ1) is 15.4. The maximum atomic E-state index is 12.7. The van der Waals surface area contributed by atoms with Crippen LogP contribution in [0.4, 0.5) is 13.2 Å². The summed E-state index contributed by atoms with van der Waals surface area (Å²) in [5.41, 5.74) is 0.894. The molecule has 11 heteroatoms. The first kappa shape index (κ1) is 24.5. The minimum Gasteiger partial charge on any atom is -0.348 e. The van der Waals surface area contributed by atoms with Gasteiger partial charge in [0, 0.05) is 24.3 Å². The summed E-state index contributed by atoms with van der Waals surface area (Å²) in [6, 6.07) is 13.5. The van der Waals surface area contributed by atoms with Gasteiger partial charge in [-0.25, -0.2) is 17.8 Å². The first-order valence-electron chi connectivity index (χ1n) is 10.0. The smallest absolute Gasteiger partial charge is 0.348 e. The van der Waals surface area contributed by atoms with Gasteiger partial charge < -0.3 is 5.32 Å². The highest BCUT2D eigenvalue weighted by Crippen LogP contribution is 2.27. The summed E-state index contributed by atoms with van der Waals surface area (Å²) in [7, 11) is -3.53. The monoisotopic (exact) mass is 480 g/mol. The van der Waals surface area contributed by atoms with Crippen molar-refractivity contribution in [2.24, 2.45) is 0 Å². The zero-order chi connectivity index (χ0) is 24.2. The Morgan fingerprint density at radius 1 is 1.03 bits per heavy atom. The van der Waals surface area contributed by atoms with Crippen LogP contribution < -0.4 is 10.0 Å². The Labute approximate surface area is 189 Å². The Balaban J connectivity index is 1.67. The fourth-order valence-electron chi connectivity index (χ4n) is 3.14. The van der Waals surface area contributed by atoms with Crippen molar-refractivity contribution in [3.63, 3.8) is 0 Å². The Bertz CT molecular complexity index is 1220. The maximum Gasteiger partial charge on any atom is 0.435 e. The highest BCUT2D eigenvalue weighted by Gasteiger charge is 2.33. The van der Waals surface area contributed by atoms with E-state index in [1.807, 2.05) is 0 Å². The molecule has 0 saturated carbocycles. The maximum absolute atomic E-state index is 12.7. The Kier molecular flexibility index (Phi) is 7.23. The normalized spacial score (nSPS) is 12.2. The van der Waals surface area contributed by atoms with Crippen LogP contribution in [0.15, 0.2) is 60.8 Å². The van der Waals surface area contributed by atoms with Crippen LogP contribution in [0.1, 0.15) is 41.0 Å². The number of benzene rings is 2. The summed E-state index contributed by atoms with van der Waals surface area (Å²) in [6.45, 7) is 3.58. The van der Waals surface area contributed by atoms with Crippen molar-refractivity contribution < 1.29 is 26.4 Å². The molecular formula is C22H23F3N4O3S. The van der Waals surface area contributed by atoms with Crippen LogP contribution in [0.2, 0.25) is 0 Å². The minimum atomic E-state index is -4.54. The van der Waals surface area contributed by atoms with E-state index >= 15 is 0 Å². The molecule has 0 aliphatic rings. The van der Waals surface area contributed by atoms with Gasteiger partial charge in [0.25, 0.3) is 5.91 Å². The van der Waals surface area contributed by atoms with Crippen molar-refractivity contribution >= 4 is 15.9 Å². The van der Waals surface area contributed by atoms with E-state index < -0.39 is 27.8 Å². The van der Waals surface area contributed by atoms with E-state index in [1.165, 1.54) is 30.5 Å². The van der Waals surface area contributed by atoms with Crippen molar-refractivity contribution in [1.82, 2.24) is 19.8 Å². The number of sulfonamides is 1.